The average molecular weight is 548 g/mol. The van der Waals surface area contributed by atoms with Crippen molar-refractivity contribution in [2.24, 2.45) is 0 Å². The maximum Gasteiger partial charge on any atom is 0.143 e. The molecule has 1 heteroatoms. The van der Waals surface area contributed by atoms with Crippen LogP contribution in [0.2, 0.25) is 0 Å². The molecular weight excluding hydrogens is 520 g/mol. The average Bonchev–Trinajstić information content (AvgIpc) is 3.45. The van der Waals surface area contributed by atoms with E-state index in [1.54, 1.807) is 0 Å². The number of furan rings is 1. The molecule has 0 amide bonds. The van der Waals surface area contributed by atoms with Gasteiger partial charge in [-0.15, -0.1) is 0 Å². The maximum atomic E-state index is 8.04. The van der Waals surface area contributed by atoms with E-state index in [0.717, 1.165) is 43.8 Å². The third-order valence-corrected chi connectivity index (χ3v) is 8.78. The van der Waals surface area contributed by atoms with Crippen molar-refractivity contribution < 1.29 is 5.79 Å². The molecule has 0 bridgehead atoms. The summed E-state index contributed by atoms with van der Waals surface area (Å²) in [5, 5.41) is 9.36. The molecule has 0 radical (unpaired) electrons. The Balaban J connectivity index is 1.32. The highest BCUT2D eigenvalue weighted by Gasteiger charge is 2.18. The molecule has 1 aromatic heterocycles. The minimum absolute atomic E-state index is 0.532. The Morgan fingerprint density at radius 1 is 0.395 bits per heavy atom. The van der Waals surface area contributed by atoms with Crippen LogP contribution in [0.15, 0.2) is 162 Å². The molecule has 0 aliphatic rings. The summed E-state index contributed by atoms with van der Waals surface area (Å²) in [5.41, 5.74) is 8.89. The first-order valence-electron chi connectivity index (χ1n) is 15.2. The SMILES string of the molecule is [2H]c1ccc2cc(-c3c4ccccc4c(-c4ccc5oc6c(-c7ccccc7)cccc6c5c4)c4ccccc34)ccc2c1. The molecule has 0 saturated carbocycles. The summed E-state index contributed by atoms with van der Waals surface area (Å²) in [4.78, 5) is 0. The fourth-order valence-electron chi connectivity index (χ4n) is 6.83. The van der Waals surface area contributed by atoms with Gasteiger partial charge in [-0.2, -0.15) is 0 Å². The first-order valence-corrected chi connectivity index (χ1v) is 14.7. The zero-order valence-corrected chi connectivity index (χ0v) is 23.3. The van der Waals surface area contributed by atoms with Crippen LogP contribution in [-0.2, 0) is 0 Å². The summed E-state index contributed by atoms with van der Waals surface area (Å²) < 4.78 is 14.6. The molecule has 0 fully saturated rings. The Morgan fingerprint density at radius 3 is 1.74 bits per heavy atom. The second-order valence-electron chi connectivity index (χ2n) is 11.2. The summed E-state index contributed by atoms with van der Waals surface area (Å²) >= 11 is 0. The van der Waals surface area contributed by atoms with Crippen molar-refractivity contribution in [1.29, 1.82) is 0 Å². The molecular formula is C42H26O. The lowest BCUT2D eigenvalue weighted by Gasteiger charge is -2.18. The Labute approximate surface area is 250 Å². The Bertz CT molecular complexity index is 2500. The van der Waals surface area contributed by atoms with Gasteiger partial charge in [-0.05, 0) is 78.3 Å². The van der Waals surface area contributed by atoms with Crippen molar-refractivity contribution in [2.45, 2.75) is 0 Å². The number of hydrogen-bond donors (Lipinski definition) is 0. The number of hydrogen-bond acceptors (Lipinski definition) is 1. The van der Waals surface area contributed by atoms with E-state index in [-0.39, 0.29) is 0 Å². The van der Waals surface area contributed by atoms with Crippen LogP contribution in [0.5, 0.6) is 0 Å². The lowest BCUT2D eigenvalue weighted by molar-refractivity contribution is 0.670. The molecule has 1 heterocycles. The van der Waals surface area contributed by atoms with Crippen LogP contribution >= 0.6 is 0 Å². The van der Waals surface area contributed by atoms with Gasteiger partial charge in [-0.25, -0.2) is 0 Å². The second kappa shape index (κ2) is 9.44. The molecule has 0 saturated heterocycles. The topological polar surface area (TPSA) is 13.1 Å². The molecule has 0 spiro atoms. The van der Waals surface area contributed by atoms with Crippen molar-refractivity contribution in [3.05, 3.63) is 158 Å². The summed E-state index contributed by atoms with van der Waals surface area (Å²) in [6.07, 6.45) is 0. The molecule has 0 aliphatic heterocycles. The fraction of sp³-hybridized carbons (Fsp3) is 0. The molecule has 0 unspecified atom stereocenters. The third-order valence-electron chi connectivity index (χ3n) is 8.78. The van der Waals surface area contributed by atoms with Crippen LogP contribution in [0.3, 0.4) is 0 Å². The zero-order chi connectivity index (χ0) is 29.2. The minimum atomic E-state index is 0.532. The number of fused-ring (bicyclic) bond motifs is 6. The first-order chi connectivity index (χ1) is 21.7. The summed E-state index contributed by atoms with van der Waals surface area (Å²) in [5.74, 6) is 0. The maximum absolute atomic E-state index is 8.04. The quantitative estimate of drug-likeness (QED) is 0.201. The van der Waals surface area contributed by atoms with E-state index < -0.39 is 0 Å². The standard InChI is InChI=1S/C42H26O/c1-2-12-28(13-3-1)32-19-10-20-37-38-26-31(23-24-39(38)43-42(32)37)41-35-17-8-6-15-33(35)40(34-16-7-9-18-36(34)41)30-22-21-27-11-4-5-14-29(27)25-30/h1-26H/i4D. The van der Waals surface area contributed by atoms with Gasteiger partial charge in [0.1, 0.15) is 11.2 Å². The van der Waals surface area contributed by atoms with Crippen LogP contribution in [0.4, 0.5) is 0 Å². The van der Waals surface area contributed by atoms with Gasteiger partial charge < -0.3 is 4.42 Å². The molecule has 200 valence electrons. The van der Waals surface area contributed by atoms with Gasteiger partial charge in [0.15, 0.2) is 0 Å². The first kappa shape index (κ1) is 23.0. The summed E-state index contributed by atoms with van der Waals surface area (Å²) in [6, 6.07) is 54.0. The molecule has 0 atom stereocenters. The van der Waals surface area contributed by atoms with Crippen LogP contribution in [-0.4, -0.2) is 0 Å². The van der Waals surface area contributed by atoms with E-state index in [9.17, 15) is 0 Å². The van der Waals surface area contributed by atoms with Gasteiger partial charge >= 0.3 is 0 Å². The summed E-state index contributed by atoms with van der Waals surface area (Å²) in [6.45, 7) is 0. The molecule has 9 aromatic rings. The number of para-hydroxylation sites is 1. The highest BCUT2D eigenvalue weighted by atomic mass is 16.3. The van der Waals surface area contributed by atoms with Gasteiger partial charge in [0.2, 0.25) is 0 Å². The number of benzene rings is 8. The monoisotopic (exact) mass is 547 g/mol. The molecule has 8 aromatic carbocycles. The van der Waals surface area contributed by atoms with Gasteiger partial charge in [-0.1, -0.05) is 140 Å². The van der Waals surface area contributed by atoms with Crippen molar-refractivity contribution >= 4 is 54.3 Å². The van der Waals surface area contributed by atoms with Crippen LogP contribution < -0.4 is 0 Å². The minimum Gasteiger partial charge on any atom is -0.455 e. The largest absolute Gasteiger partial charge is 0.455 e. The Morgan fingerprint density at radius 2 is 1.02 bits per heavy atom. The molecule has 0 N–H and O–H groups in total. The predicted molar refractivity (Wildman–Crippen MR) is 183 cm³/mol. The predicted octanol–water partition coefficient (Wildman–Crippen LogP) is 12.0. The van der Waals surface area contributed by atoms with Crippen LogP contribution in [0, 0.1) is 0 Å². The second-order valence-corrected chi connectivity index (χ2v) is 11.2. The number of rotatable bonds is 3. The molecule has 43 heavy (non-hydrogen) atoms. The molecule has 0 aliphatic carbocycles. The van der Waals surface area contributed by atoms with Crippen molar-refractivity contribution in [3.63, 3.8) is 0 Å². The van der Waals surface area contributed by atoms with Gasteiger partial charge in [0.25, 0.3) is 0 Å². The normalized spacial score (nSPS) is 12.0. The van der Waals surface area contributed by atoms with Gasteiger partial charge in [0.05, 0.1) is 1.37 Å². The van der Waals surface area contributed by atoms with Crippen molar-refractivity contribution in [3.8, 4) is 33.4 Å². The van der Waals surface area contributed by atoms with Crippen LogP contribution in [0.1, 0.15) is 1.37 Å². The smallest absolute Gasteiger partial charge is 0.143 e. The van der Waals surface area contributed by atoms with E-state index in [0.29, 0.717) is 6.04 Å². The van der Waals surface area contributed by atoms with Crippen molar-refractivity contribution in [1.82, 2.24) is 0 Å². The molecule has 1 nitrogen and oxygen atoms in total. The van der Waals surface area contributed by atoms with Gasteiger partial charge in [0, 0.05) is 16.3 Å². The Kier molecular flexibility index (Phi) is 5.04. The van der Waals surface area contributed by atoms with Crippen LogP contribution in [0.25, 0.3) is 87.6 Å². The summed E-state index contributed by atoms with van der Waals surface area (Å²) in [7, 11) is 0. The lowest BCUT2D eigenvalue weighted by atomic mass is 9.85. The highest BCUT2D eigenvalue weighted by molar-refractivity contribution is 6.22. The fourth-order valence-corrected chi connectivity index (χ4v) is 6.83. The lowest BCUT2D eigenvalue weighted by Crippen LogP contribution is -1.91. The molecule has 9 rings (SSSR count). The van der Waals surface area contributed by atoms with E-state index in [2.05, 4.69) is 127 Å². The van der Waals surface area contributed by atoms with E-state index in [4.69, 9.17) is 5.79 Å². The van der Waals surface area contributed by atoms with E-state index >= 15 is 0 Å². The Hall–Kier alpha value is -5.66. The van der Waals surface area contributed by atoms with E-state index in [1.807, 2.05) is 24.3 Å². The third kappa shape index (κ3) is 3.72. The van der Waals surface area contributed by atoms with Gasteiger partial charge in [-0.3, -0.25) is 0 Å². The van der Waals surface area contributed by atoms with Crippen molar-refractivity contribution in [2.75, 3.05) is 0 Å². The zero-order valence-electron chi connectivity index (χ0n) is 24.3. The highest BCUT2D eigenvalue weighted by Crippen LogP contribution is 2.45. The van der Waals surface area contributed by atoms with E-state index in [1.165, 1.54) is 43.8 Å².